The minimum atomic E-state index is -0.157. The van der Waals surface area contributed by atoms with E-state index < -0.39 is 0 Å². The first kappa shape index (κ1) is 21.4. The minimum Gasteiger partial charge on any atom is -0.341 e. The Morgan fingerprint density at radius 1 is 1.22 bits per heavy atom. The van der Waals surface area contributed by atoms with E-state index in [1.165, 1.54) is 0 Å². The van der Waals surface area contributed by atoms with Gasteiger partial charge in [0.1, 0.15) is 6.54 Å². The molecule has 1 aromatic heterocycles. The molecule has 1 unspecified atom stereocenters. The van der Waals surface area contributed by atoms with Crippen molar-refractivity contribution in [3.05, 3.63) is 24.0 Å². The number of fused-ring (bicyclic) bond motifs is 1. The number of unbranched alkanes of at least 4 members (excludes halogenated alkanes) is 2. The summed E-state index contributed by atoms with van der Waals surface area (Å²) in [7, 11) is 0. The van der Waals surface area contributed by atoms with Crippen LogP contribution in [0.15, 0.2) is 18.5 Å². The minimum absolute atomic E-state index is 0.0440. The van der Waals surface area contributed by atoms with Gasteiger partial charge in [-0.05, 0) is 36.3 Å². The number of carbonyl (C=O) groups excluding carboxylic acids is 2. The lowest BCUT2D eigenvalue weighted by Crippen LogP contribution is -2.50. The van der Waals surface area contributed by atoms with Gasteiger partial charge >= 0.3 is 0 Å². The Bertz CT molecular complexity index is 643. The third kappa shape index (κ3) is 5.30. The van der Waals surface area contributed by atoms with Crippen LogP contribution in [-0.2, 0) is 16.0 Å². The molecule has 0 saturated heterocycles. The number of rotatable bonds is 8. The molecule has 0 N–H and O–H groups in total. The maximum Gasteiger partial charge on any atom is 0.242 e. The first-order valence-electron chi connectivity index (χ1n) is 10.3. The van der Waals surface area contributed by atoms with Crippen molar-refractivity contribution in [2.75, 3.05) is 24.5 Å². The molecule has 0 aliphatic carbocycles. The fraction of sp³-hybridized carbons (Fsp3) is 0.682. The summed E-state index contributed by atoms with van der Waals surface area (Å²) >= 11 is 0. The van der Waals surface area contributed by atoms with Gasteiger partial charge in [-0.15, -0.1) is 0 Å². The predicted molar refractivity (Wildman–Crippen MR) is 110 cm³/mol. The van der Waals surface area contributed by atoms with Crippen LogP contribution in [0.2, 0.25) is 0 Å². The highest BCUT2D eigenvalue weighted by Gasteiger charge is 2.40. The quantitative estimate of drug-likeness (QED) is 0.690. The second-order valence-corrected chi connectivity index (χ2v) is 8.64. The topological polar surface area (TPSA) is 53.5 Å². The van der Waals surface area contributed by atoms with Gasteiger partial charge in [0.05, 0.1) is 5.69 Å². The smallest absolute Gasteiger partial charge is 0.242 e. The normalized spacial score (nSPS) is 17.0. The van der Waals surface area contributed by atoms with Gasteiger partial charge in [0.2, 0.25) is 11.8 Å². The van der Waals surface area contributed by atoms with Crippen molar-refractivity contribution < 1.29 is 9.59 Å². The van der Waals surface area contributed by atoms with Crippen LogP contribution in [0.1, 0.15) is 65.9 Å². The van der Waals surface area contributed by atoms with Crippen molar-refractivity contribution in [2.24, 2.45) is 11.3 Å². The first-order valence-corrected chi connectivity index (χ1v) is 10.3. The lowest BCUT2D eigenvalue weighted by Gasteiger charge is -2.40. The van der Waals surface area contributed by atoms with E-state index in [1.54, 1.807) is 11.1 Å². The lowest BCUT2D eigenvalue weighted by molar-refractivity contribution is -0.133. The fourth-order valence-electron chi connectivity index (χ4n) is 3.59. The van der Waals surface area contributed by atoms with Gasteiger partial charge in [0.15, 0.2) is 0 Å². The van der Waals surface area contributed by atoms with Crippen LogP contribution in [0.4, 0.5) is 5.69 Å². The third-order valence-corrected chi connectivity index (χ3v) is 5.41. The van der Waals surface area contributed by atoms with Gasteiger partial charge in [-0.1, -0.05) is 47.5 Å². The molecule has 1 aromatic rings. The highest BCUT2D eigenvalue weighted by atomic mass is 16.2. The van der Waals surface area contributed by atoms with Gasteiger partial charge in [-0.2, -0.15) is 0 Å². The molecule has 5 nitrogen and oxygen atoms in total. The molecule has 1 atom stereocenters. The van der Waals surface area contributed by atoms with E-state index >= 15 is 0 Å². The number of aromatic nitrogens is 1. The summed E-state index contributed by atoms with van der Waals surface area (Å²) in [6.45, 7) is 12.2. The largest absolute Gasteiger partial charge is 0.341 e. The molecule has 0 saturated carbocycles. The standard InChI is InChI=1S/C22H35N3O2/c1-6-8-12-24(13-9-7-2)20(26)16-25-19-10-11-23-15-17(19)14-18(21(25)27)22(3,4)5/h10-11,15,18H,6-9,12-14,16H2,1-5H3. The Morgan fingerprint density at radius 2 is 1.85 bits per heavy atom. The summed E-state index contributed by atoms with van der Waals surface area (Å²) in [5, 5.41) is 0. The predicted octanol–water partition coefficient (Wildman–Crippen LogP) is 4.06. The molecule has 0 radical (unpaired) electrons. The van der Waals surface area contributed by atoms with Crippen molar-refractivity contribution in [3.63, 3.8) is 0 Å². The van der Waals surface area contributed by atoms with Gasteiger partial charge in [-0.3, -0.25) is 14.6 Å². The van der Waals surface area contributed by atoms with Crippen molar-refractivity contribution in [1.29, 1.82) is 0 Å². The van der Waals surface area contributed by atoms with E-state index in [-0.39, 0.29) is 29.7 Å². The van der Waals surface area contributed by atoms with Gasteiger partial charge in [0.25, 0.3) is 0 Å². The number of hydrogen-bond donors (Lipinski definition) is 0. The fourth-order valence-corrected chi connectivity index (χ4v) is 3.59. The van der Waals surface area contributed by atoms with E-state index in [2.05, 4.69) is 39.6 Å². The SMILES string of the molecule is CCCCN(CCCC)C(=O)CN1C(=O)C(C(C)(C)C)Cc2cnccc21. The third-order valence-electron chi connectivity index (χ3n) is 5.41. The maximum absolute atomic E-state index is 13.3. The first-order chi connectivity index (χ1) is 12.8. The highest BCUT2D eigenvalue weighted by molar-refractivity contribution is 6.02. The summed E-state index contributed by atoms with van der Waals surface area (Å²) in [6.07, 6.45) is 8.32. The average molecular weight is 374 g/mol. The molecule has 5 heteroatoms. The molecule has 2 rings (SSSR count). The molecule has 27 heavy (non-hydrogen) atoms. The van der Waals surface area contributed by atoms with Crippen molar-refractivity contribution in [2.45, 2.75) is 66.7 Å². The summed E-state index contributed by atoms with van der Waals surface area (Å²) in [5.74, 6) is -0.0372. The number of carbonyl (C=O) groups is 2. The number of hydrogen-bond acceptors (Lipinski definition) is 3. The summed E-state index contributed by atoms with van der Waals surface area (Å²) in [6, 6.07) is 1.86. The van der Waals surface area contributed by atoms with Crippen LogP contribution in [-0.4, -0.2) is 41.3 Å². The Hall–Kier alpha value is -1.91. The van der Waals surface area contributed by atoms with Crippen LogP contribution in [0.25, 0.3) is 0 Å². The van der Waals surface area contributed by atoms with Gasteiger partial charge in [-0.25, -0.2) is 0 Å². The van der Waals surface area contributed by atoms with Crippen molar-refractivity contribution in [1.82, 2.24) is 9.88 Å². The number of nitrogens with zero attached hydrogens (tertiary/aromatic N) is 3. The van der Waals surface area contributed by atoms with Crippen LogP contribution in [0.5, 0.6) is 0 Å². The Morgan fingerprint density at radius 3 is 2.41 bits per heavy atom. The van der Waals surface area contributed by atoms with Gasteiger partial charge in [0, 0.05) is 31.4 Å². The summed E-state index contributed by atoms with van der Waals surface area (Å²) in [4.78, 5) is 34.2. The second-order valence-electron chi connectivity index (χ2n) is 8.64. The van der Waals surface area contributed by atoms with E-state index in [9.17, 15) is 9.59 Å². The Labute approximate surface area is 164 Å². The molecule has 2 amide bonds. The zero-order chi connectivity index (χ0) is 20.0. The molecule has 0 fully saturated rings. The molecular weight excluding hydrogens is 338 g/mol. The number of amides is 2. The molecular formula is C22H35N3O2. The average Bonchev–Trinajstić information content (AvgIpc) is 2.62. The number of anilines is 1. The molecule has 0 bridgehead atoms. The van der Waals surface area contributed by atoms with Crippen LogP contribution >= 0.6 is 0 Å². The lowest BCUT2D eigenvalue weighted by atomic mass is 9.74. The van der Waals surface area contributed by atoms with E-state index in [0.717, 1.165) is 50.0 Å². The van der Waals surface area contributed by atoms with Crippen molar-refractivity contribution >= 4 is 17.5 Å². The van der Waals surface area contributed by atoms with E-state index in [0.29, 0.717) is 6.42 Å². The Kier molecular flexibility index (Phi) is 7.40. The summed E-state index contributed by atoms with van der Waals surface area (Å²) in [5.41, 5.74) is 1.74. The summed E-state index contributed by atoms with van der Waals surface area (Å²) < 4.78 is 0. The zero-order valence-electron chi connectivity index (χ0n) is 17.6. The van der Waals surface area contributed by atoms with Crippen molar-refractivity contribution in [3.8, 4) is 0 Å². The van der Waals surface area contributed by atoms with Gasteiger partial charge < -0.3 is 9.80 Å². The molecule has 1 aliphatic rings. The molecule has 0 spiro atoms. The van der Waals surface area contributed by atoms with E-state index in [1.807, 2.05) is 17.2 Å². The van der Waals surface area contributed by atoms with Crippen LogP contribution in [0, 0.1) is 11.3 Å². The molecule has 0 aromatic carbocycles. The zero-order valence-corrected chi connectivity index (χ0v) is 17.6. The maximum atomic E-state index is 13.3. The second kappa shape index (κ2) is 9.34. The van der Waals surface area contributed by atoms with Crippen LogP contribution < -0.4 is 4.90 Å². The molecule has 2 heterocycles. The Balaban J connectivity index is 2.25. The van der Waals surface area contributed by atoms with Crippen LogP contribution in [0.3, 0.4) is 0 Å². The monoisotopic (exact) mass is 373 g/mol. The highest BCUT2D eigenvalue weighted by Crippen LogP contribution is 2.38. The van der Waals surface area contributed by atoms with E-state index in [4.69, 9.17) is 0 Å². The molecule has 1 aliphatic heterocycles. The number of pyridine rings is 1. The molecule has 150 valence electrons.